The van der Waals surface area contributed by atoms with Gasteiger partial charge < -0.3 is 9.73 Å². The molecule has 162 valence electrons. The van der Waals surface area contributed by atoms with Crippen molar-refractivity contribution in [3.63, 3.8) is 0 Å². The highest BCUT2D eigenvalue weighted by Gasteiger charge is 2.30. The van der Waals surface area contributed by atoms with Crippen LogP contribution >= 0.6 is 11.6 Å². The van der Waals surface area contributed by atoms with Crippen molar-refractivity contribution in [2.24, 2.45) is 0 Å². The van der Waals surface area contributed by atoms with Crippen LogP contribution in [0, 0.1) is 0 Å². The van der Waals surface area contributed by atoms with Gasteiger partial charge in [-0.25, -0.2) is 8.42 Å². The van der Waals surface area contributed by atoms with Crippen molar-refractivity contribution in [2.75, 3.05) is 11.9 Å². The number of nitrogens with zero attached hydrogens (tertiary/aromatic N) is 1. The summed E-state index contributed by atoms with van der Waals surface area (Å²) in [7, 11) is -3.59. The second-order valence-corrected chi connectivity index (χ2v) is 9.88. The summed E-state index contributed by atoms with van der Waals surface area (Å²) in [5.74, 6) is -0.770. The van der Waals surface area contributed by atoms with Gasteiger partial charge in [-0.2, -0.15) is 4.31 Å². The number of hydrogen-bond donors (Lipinski definition) is 1. The Balaban J connectivity index is 1.54. The van der Waals surface area contributed by atoms with E-state index in [2.05, 4.69) is 5.32 Å². The number of carbonyl (C=O) groups is 1. The molecule has 2 heterocycles. The van der Waals surface area contributed by atoms with E-state index < -0.39 is 15.9 Å². The van der Waals surface area contributed by atoms with Gasteiger partial charge in [0.15, 0.2) is 11.2 Å². The SMILES string of the molecule is CC1CCCCN1S(=O)(=O)c1ccc(NC(=O)c2cc(=O)c3cc(Cl)ccc3o2)cc1. The van der Waals surface area contributed by atoms with Crippen LogP contribution in [0.5, 0.6) is 0 Å². The molecule has 0 radical (unpaired) electrons. The highest BCUT2D eigenvalue weighted by atomic mass is 35.5. The van der Waals surface area contributed by atoms with E-state index in [1.807, 2.05) is 6.92 Å². The lowest BCUT2D eigenvalue weighted by Gasteiger charge is -2.32. The topological polar surface area (TPSA) is 96.7 Å². The fraction of sp³-hybridized carbons (Fsp3) is 0.273. The Morgan fingerprint density at radius 2 is 1.87 bits per heavy atom. The Bertz CT molecular complexity index is 1300. The summed E-state index contributed by atoms with van der Waals surface area (Å²) in [6.07, 6.45) is 2.72. The molecule has 1 amide bonds. The van der Waals surface area contributed by atoms with E-state index in [4.69, 9.17) is 16.0 Å². The summed E-state index contributed by atoms with van der Waals surface area (Å²) in [6.45, 7) is 2.42. The molecule has 0 saturated carbocycles. The second kappa shape index (κ2) is 8.45. The summed E-state index contributed by atoms with van der Waals surface area (Å²) in [5, 5.41) is 3.30. The molecule has 1 fully saturated rings. The quantitative estimate of drug-likeness (QED) is 0.627. The summed E-state index contributed by atoms with van der Waals surface area (Å²) >= 11 is 5.90. The predicted molar refractivity (Wildman–Crippen MR) is 119 cm³/mol. The van der Waals surface area contributed by atoms with E-state index in [9.17, 15) is 18.0 Å². The zero-order valence-electron chi connectivity index (χ0n) is 16.8. The van der Waals surface area contributed by atoms with Gasteiger partial charge in [-0.3, -0.25) is 9.59 Å². The molecule has 0 aliphatic carbocycles. The zero-order valence-corrected chi connectivity index (χ0v) is 18.4. The molecule has 2 aromatic carbocycles. The Hall–Kier alpha value is -2.68. The molecule has 1 saturated heterocycles. The van der Waals surface area contributed by atoms with Crippen LogP contribution in [-0.4, -0.2) is 31.2 Å². The molecule has 4 rings (SSSR count). The number of hydrogen-bond acceptors (Lipinski definition) is 5. The van der Waals surface area contributed by atoms with Crippen molar-refractivity contribution in [3.8, 4) is 0 Å². The van der Waals surface area contributed by atoms with Crippen LogP contribution < -0.4 is 10.7 Å². The van der Waals surface area contributed by atoms with Gasteiger partial charge >= 0.3 is 0 Å². The number of sulfonamides is 1. The molecule has 0 bridgehead atoms. The number of anilines is 1. The third-order valence-electron chi connectivity index (χ3n) is 5.37. The smallest absolute Gasteiger partial charge is 0.291 e. The van der Waals surface area contributed by atoms with Crippen molar-refractivity contribution < 1.29 is 17.6 Å². The van der Waals surface area contributed by atoms with Crippen molar-refractivity contribution in [2.45, 2.75) is 37.1 Å². The maximum atomic E-state index is 12.9. The van der Waals surface area contributed by atoms with Gasteiger partial charge in [-0.15, -0.1) is 0 Å². The van der Waals surface area contributed by atoms with Crippen molar-refractivity contribution in [1.82, 2.24) is 4.31 Å². The lowest BCUT2D eigenvalue weighted by Crippen LogP contribution is -2.41. The van der Waals surface area contributed by atoms with E-state index >= 15 is 0 Å². The molecule has 1 unspecified atom stereocenters. The molecular weight excluding hydrogens is 440 g/mol. The largest absolute Gasteiger partial charge is 0.451 e. The fourth-order valence-corrected chi connectivity index (χ4v) is 5.58. The summed E-state index contributed by atoms with van der Waals surface area (Å²) < 4.78 is 32.9. The molecule has 3 aromatic rings. The third-order valence-corrected chi connectivity index (χ3v) is 7.64. The number of fused-ring (bicyclic) bond motifs is 1. The van der Waals surface area contributed by atoms with Crippen LogP contribution in [0.25, 0.3) is 11.0 Å². The number of halogens is 1. The normalized spacial score (nSPS) is 17.5. The minimum Gasteiger partial charge on any atom is -0.451 e. The first-order chi connectivity index (χ1) is 14.8. The van der Waals surface area contributed by atoms with Gasteiger partial charge in [0, 0.05) is 29.4 Å². The Morgan fingerprint density at radius 3 is 2.58 bits per heavy atom. The van der Waals surface area contributed by atoms with Gasteiger partial charge in [-0.1, -0.05) is 18.0 Å². The molecule has 1 atom stereocenters. The average Bonchev–Trinajstić information content (AvgIpc) is 2.74. The highest BCUT2D eigenvalue weighted by molar-refractivity contribution is 7.89. The van der Waals surface area contributed by atoms with Crippen LogP contribution in [0.3, 0.4) is 0 Å². The van der Waals surface area contributed by atoms with E-state index in [-0.39, 0.29) is 33.1 Å². The maximum Gasteiger partial charge on any atom is 0.291 e. The Morgan fingerprint density at radius 1 is 1.13 bits per heavy atom. The first-order valence-corrected chi connectivity index (χ1v) is 11.7. The number of rotatable bonds is 4. The van der Waals surface area contributed by atoms with Crippen molar-refractivity contribution in [1.29, 1.82) is 0 Å². The number of piperidine rings is 1. The van der Waals surface area contributed by atoms with Crippen LogP contribution in [-0.2, 0) is 10.0 Å². The Kier molecular flexibility index (Phi) is 5.88. The van der Waals surface area contributed by atoms with Crippen LogP contribution in [0.1, 0.15) is 36.7 Å². The third kappa shape index (κ3) is 4.37. The van der Waals surface area contributed by atoms with Gasteiger partial charge in [0.1, 0.15) is 5.58 Å². The first kappa shape index (κ1) is 21.5. The summed E-state index contributed by atoms with van der Waals surface area (Å²) in [6, 6.07) is 11.6. The van der Waals surface area contributed by atoms with Crippen LogP contribution in [0.15, 0.2) is 62.6 Å². The number of amides is 1. The van der Waals surface area contributed by atoms with Crippen LogP contribution in [0.4, 0.5) is 5.69 Å². The Labute approximate surface area is 184 Å². The first-order valence-electron chi connectivity index (χ1n) is 9.92. The van der Waals surface area contributed by atoms with Gasteiger partial charge in [0.05, 0.1) is 10.3 Å². The van der Waals surface area contributed by atoms with Crippen molar-refractivity contribution >= 4 is 44.2 Å². The van der Waals surface area contributed by atoms with Gasteiger partial charge in [0.25, 0.3) is 5.91 Å². The van der Waals surface area contributed by atoms with Gasteiger partial charge in [0.2, 0.25) is 10.0 Å². The number of nitrogens with one attached hydrogen (secondary N) is 1. The maximum absolute atomic E-state index is 12.9. The second-order valence-electron chi connectivity index (χ2n) is 7.55. The predicted octanol–water partition coefficient (Wildman–Crippen LogP) is 4.26. The molecule has 1 N–H and O–H groups in total. The molecule has 0 spiro atoms. The number of carbonyl (C=O) groups excluding carboxylic acids is 1. The standard InChI is InChI=1S/C22H21ClN2O5S/c1-14-4-2-3-11-25(14)31(28,29)17-8-6-16(7-9-17)24-22(27)21-13-19(26)18-12-15(23)5-10-20(18)30-21/h5-10,12-14H,2-4,11H2,1H3,(H,24,27). The minimum atomic E-state index is -3.59. The molecule has 1 aromatic heterocycles. The lowest BCUT2D eigenvalue weighted by molar-refractivity contribution is 0.0997. The van der Waals surface area contributed by atoms with E-state index in [1.54, 1.807) is 6.07 Å². The summed E-state index contributed by atoms with van der Waals surface area (Å²) in [4.78, 5) is 25.0. The minimum absolute atomic E-state index is 0.0381. The molecule has 31 heavy (non-hydrogen) atoms. The number of benzene rings is 2. The monoisotopic (exact) mass is 460 g/mol. The zero-order chi connectivity index (χ0) is 22.2. The highest BCUT2D eigenvalue weighted by Crippen LogP contribution is 2.26. The van der Waals surface area contributed by atoms with E-state index in [0.717, 1.165) is 25.3 Å². The average molecular weight is 461 g/mol. The van der Waals surface area contributed by atoms with E-state index in [0.29, 0.717) is 17.3 Å². The molecule has 1 aliphatic rings. The fourth-order valence-electron chi connectivity index (χ4n) is 3.71. The lowest BCUT2D eigenvalue weighted by atomic mass is 10.1. The van der Waals surface area contributed by atoms with Crippen LogP contribution in [0.2, 0.25) is 5.02 Å². The molecule has 9 heteroatoms. The van der Waals surface area contributed by atoms with Gasteiger partial charge in [-0.05, 0) is 62.2 Å². The molecular formula is C22H21ClN2O5S. The summed E-state index contributed by atoms with van der Waals surface area (Å²) in [5.41, 5.74) is 0.250. The molecule has 1 aliphatic heterocycles. The van der Waals surface area contributed by atoms with E-state index in [1.165, 1.54) is 40.7 Å². The molecule has 7 nitrogen and oxygen atoms in total. The van der Waals surface area contributed by atoms with Crippen molar-refractivity contribution in [3.05, 3.63) is 69.5 Å².